The minimum absolute atomic E-state index is 0.560. The van der Waals surface area contributed by atoms with Crippen molar-refractivity contribution in [3.05, 3.63) is 35.5 Å². The van der Waals surface area contributed by atoms with Crippen molar-refractivity contribution in [3.63, 3.8) is 0 Å². The number of hydrogen-bond acceptors (Lipinski definition) is 5. The first kappa shape index (κ1) is 11.7. The molecule has 0 amide bonds. The lowest BCUT2D eigenvalue weighted by atomic mass is 10.2. The summed E-state index contributed by atoms with van der Waals surface area (Å²) in [6.45, 7) is 0. The Morgan fingerprint density at radius 3 is 2.95 bits per heavy atom. The second kappa shape index (κ2) is 4.22. The molecule has 0 saturated carbocycles. The highest BCUT2D eigenvalue weighted by molar-refractivity contribution is 7.18. The van der Waals surface area contributed by atoms with Crippen molar-refractivity contribution in [2.45, 2.75) is 0 Å². The number of rotatable bonds is 2. The Kier molecular flexibility index (Phi) is 2.48. The van der Waals surface area contributed by atoms with E-state index >= 15 is 0 Å². The van der Waals surface area contributed by atoms with Gasteiger partial charge in [-0.25, -0.2) is 9.50 Å². The van der Waals surface area contributed by atoms with Crippen molar-refractivity contribution in [2.75, 3.05) is 7.11 Å². The van der Waals surface area contributed by atoms with Gasteiger partial charge < -0.3 is 9.15 Å². The summed E-state index contributed by atoms with van der Waals surface area (Å²) in [5.74, 6) is 0.560. The van der Waals surface area contributed by atoms with Gasteiger partial charge in [0.25, 0.3) is 5.19 Å². The molecule has 1 aromatic carbocycles. The molecule has 0 bridgehead atoms. The third-order valence-electron chi connectivity index (χ3n) is 2.97. The zero-order chi connectivity index (χ0) is 13.7. The van der Waals surface area contributed by atoms with E-state index in [4.69, 9.17) is 20.8 Å². The lowest BCUT2D eigenvalue weighted by Gasteiger charge is -1.90. The average molecular weight is 306 g/mol. The number of benzene rings is 1. The number of para-hydroxylation sites is 1. The lowest BCUT2D eigenvalue weighted by molar-refractivity contribution is 0.405. The highest BCUT2D eigenvalue weighted by atomic mass is 35.5. The highest BCUT2D eigenvalue weighted by Crippen LogP contribution is 2.37. The Labute approximate surface area is 122 Å². The molecule has 4 aromatic rings. The number of ether oxygens (including phenoxy) is 1. The predicted molar refractivity (Wildman–Crippen MR) is 77.6 cm³/mol. The molecule has 0 aliphatic rings. The Bertz CT molecular complexity index is 893. The molecule has 0 atom stereocenters. The van der Waals surface area contributed by atoms with E-state index in [0.717, 1.165) is 15.9 Å². The van der Waals surface area contributed by atoms with Crippen LogP contribution in [0.3, 0.4) is 0 Å². The molecule has 0 aliphatic heterocycles. The van der Waals surface area contributed by atoms with Crippen LogP contribution in [-0.2, 0) is 0 Å². The quantitative estimate of drug-likeness (QED) is 0.564. The number of halogens is 1. The molecule has 0 aliphatic carbocycles. The van der Waals surface area contributed by atoms with Crippen LogP contribution in [0.4, 0.5) is 0 Å². The summed E-state index contributed by atoms with van der Waals surface area (Å²) < 4.78 is 12.5. The van der Waals surface area contributed by atoms with E-state index in [2.05, 4.69) is 10.1 Å². The summed E-state index contributed by atoms with van der Waals surface area (Å²) in [5.41, 5.74) is 1.40. The Morgan fingerprint density at radius 1 is 1.35 bits per heavy atom. The van der Waals surface area contributed by atoms with Gasteiger partial charge >= 0.3 is 0 Å². The first-order chi connectivity index (χ1) is 9.76. The topological polar surface area (TPSA) is 52.6 Å². The largest absolute Gasteiger partial charge is 0.472 e. The highest BCUT2D eigenvalue weighted by Gasteiger charge is 2.18. The minimum Gasteiger partial charge on any atom is -0.472 e. The summed E-state index contributed by atoms with van der Waals surface area (Å²) in [6, 6.07) is 7.63. The van der Waals surface area contributed by atoms with E-state index in [0.29, 0.717) is 21.7 Å². The van der Waals surface area contributed by atoms with Gasteiger partial charge in [-0.05, 0) is 23.5 Å². The fraction of sp³-hybridized carbons (Fsp3) is 0.0769. The number of aromatic nitrogens is 3. The van der Waals surface area contributed by atoms with E-state index in [1.807, 2.05) is 24.3 Å². The van der Waals surface area contributed by atoms with Crippen molar-refractivity contribution in [1.82, 2.24) is 14.6 Å². The van der Waals surface area contributed by atoms with Crippen LogP contribution in [0.2, 0.25) is 5.02 Å². The molecule has 4 rings (SSSR count). The molecule has 0 saturated heterocycles. The Morgan fingerprint density at radius 2 is 2.20 bits per heavy atom. The zero-order valence-electron chi connectivity index (χ0n) is 10.3. The summed E-state index contributed by atoms with van der Waals surface area (Å²) in [7, 11) is 1.58. The van der Waals surface area contributed by atoms with Gasteiger partial charge in [0.1, 0.15) is 11.3 Å². The van der Waals surface area contributed by atoms with Gasteiger partial charge in [0.05, 0.1) is 18.3 Å². The molecular weight excluding hydrogens is 298 g/mol. The number of hydrogen-bond donors (Lipinski definition) is 0. The molecule has 5 nitrogen and oxygen atoms in total. The normalized spacial score (nSPS) is 11.5. The van der Waals surface area contributed by atoms with Crippen molar-refractivity contribution in [1.29, 1.82) is 0 Å². The van der Waals surface area contributed by atoms with Crippen LogP contribution in [0.1, 0.15) is 0 Å². The van der Waals surface area contributed by atoms with Crippen LogP contribution in [0.25, 0.3) is 27.4 Å². The molecule has 0 spiro atoms. The van der Waals surface area contributed by atoms with E-state index < -0.39 is 0 Å². The smallest absolute Gasteiger partial charge is 0.294 e. The van der Waals surface area contributed by atoms with Crippen LogP contribution in [0, 0.1) is 0 Å². The molecule has 0 radical (unpaired) electrons. The monoisotopic (exact) mass is 305 g/mol. The summed E-state index contributed by atoms with van der Waals surface area (Å²) >= 11 is 7.72. The third-order valence-corrected chi connectivity index (χ3v) is 4.23. The number of imidazole rings is 1. The molecular formula is C13H8ClN3O2S. The fourth-order valence-electron chi connectivity index (χ4n) is 2.05. The second-order valence-electron chi connectivity index (χ2n) is 4.17. The van der Waals surface area contributed by atoms with E-state index in [1.165, 1.54) is 11.3 Å². The Hall–Kier alpha value is -2.05. The SMILES string of the molecule is COc1nn2cc(-c3oc4ccccc4c3Cl)nc2s1. The predicted octanol–water partition coefficient (Wildman–Crippen LogP) is 3.87. The van der Waals surface area contributed by atoms with E-state index in [9.17, 15) is 0 Å². The summed E-state index contributed by atoms with van der Waals surface area (Å²) in [6.07, 6.45) is 1.78. The average Bonchev–Trinajstić information content (AvgIpc) is 3.10. The van der Waals surface area contributed by atoms with Crippen LogP contribution in [-0.4, -0.2) is 21.7 Å². The molecule has 7 heteroatoms. The van der Waals surface area contributed by atoms with Crippen molar-refractivity contribution in [2.24, 2.45) is 0 Å². The van der Waals surface area contributed by atoms with Gasteiger partial charge in [0, 0.05) is 5.39 Å². The van der Waals surface area contributed by atoms with Crippen molar-refractivity contribution < 1.29 is 9.15 Å². The maximum absolute atomic E-state index is 6.36. The number of nitrogens with zero attached hydrogens (tertiary/aromatic N) is 3. The van der Waals surface area contributed by atoms with Gasteiger partial charge in [0.15, 0.2) is 5.76 Å². The van der Waals surface area contributed by atoms with Crippen LogP contribution >= 0.6 is 22.9 Å². The molecule has 0 N–H and O–H groups in total. The fourth-order valence-corrected chi connectivity index (χ4v) is 3.04. The van der Waals surface area contributed by atoms with Crippen LogP contribution < -0.4 is 4.74 Å². The minimum atomic E-state index is 0.560. The number of furan rings is 1. The molecule has 3 aromatic heterocycles. The molecule has 3 heterocycles. The van der Waals surface area contributed by atoms with Crippen LogP contribution in [0.15, 0.2) is 34.9 Å². The standard InChI is InChI=1S/C13H8ClN3O2S/c1-18-13-16-17-6-8(15-12(17)20-13)11-10(14)7-4-2-3-5-9(7)19-11/h2-6H,1H3. The lowest BCUT2D eigenvalue weighted by Crippen LogP contribution is -1.84. The third kappa shape index (κ3) is 1.62. The van der Waals surface area contributed by atoms with Gasteiger partial charge in [-0.3, -0.25) is 0 Å². The second-order valence-corrected chi connectivity index (χ2v) is 5.46. The van der Waals surface area contributed by atoms with Gasteiger partial charge in [-0.1, -0.05) is 23.7 Å². The van der Waals surface area contributed by atoms with Gasteiger partial charge in [0.2, 0.25) is 4.96 Å². The van der Waals surface area contributed by atoms with E-state index in [-0.39, 0.29) is 0 Å². The first-order valence-corrected chi connectivity index (χ1v) is 7.03. The first-order valence-electron chi connectivity index (χ1n) is 5.84. The maximum Gasteiger partial charge on any atom is 0.294 e. The summed E-state index contributed by atoms with van der Waals surface area (Å²) in [5, 5.41) is 6.24. The summed E-state index contributed by atoms with van der Waals surface area (Å²) in [4.78, 5) is 5.20. The van der Waals surface area contributed by atoms with Crippen molar-refractivity contribution in [3.8, 4) is 16.6 Å². The van der Waals surface area contributed by atoms with Crippen molar-refractivity contribution >= 4 is 38.9 Å². The molecule has 0 unspecified atom stereocenters. The molecule has 20 heavy (non-hydrogen) atoms. The number of methoxy groups -OCH3 is 1. The van der Waals surface area contributed by atoms with Gasteiger partial charge in [-0.15, -0.1) is 5.10 Å². The molecule has 0 fully saturated rings. The van der Waals surface area contributed by atoms with Crippen LogP contribution in [0.5, 0.6) is 5.19 Å². The Balaban J connectivity index is 1.91. The number of fused-ring (bicyclic) bond motifs is 2. The molecule has 100 valence electrons. The van der Waals surface area contributed by atoms with Gasteiger partial charge in [-0.2, -0.15) is 0 Å². The van der Waals surface area contributed by atoms with E-state index in [1.54, 1.807) is 17.8 Å². The maximum atomic E-state index is 6.36. The zero-order valence-corrected chi connectivity index (χ0v) is 11.9.